The van der Waals surface area contributed by atoms with Crippen LogP contribution in [0.15, 0.2) is 83.9 Å². The molecule has 4 aromatic rings. The third-order valence-corrected chi connectivity index (χ3v) is 7.95. The lowest BCUT2D eigenvalue weighted by molar-refractivity contribution is 0.144. The molecule has 1 unspecified atom stereocenters. The largest absolute Gasteiger partial charge is 0.511 e. The van der Waals surface area contributed by atoms with Crippen LogP contribution < -0.4 is 15.6 Å². The Balaban J connectivity index is 1.25. The highest BCUT2D eigenvalue weighted by atomic mass is 16.7. The average Bonchev–Trinajstić information content (AvgIpc) is 2.93. The van der Waals surface area contributed by atoms with E-state index >= 15 is 0 Å². The Morgan fingerprint density at radius 1 is 1.10 bits per heavy atom. The molecule has 0 radical (unpaired) electrons. The Morgan fingerprint density at radius 3 is 2.73 bits per heavy atom. The number of carboxylic acid groups (broad SMARTS) is 1. The van der Waals surface area contributed by atoms with Crippen LogP contribution >= 0.6 is 0 Å². The smallest absolute Gasteiger partial charge is 0.449 e. The van der Waals surface area contributed by atoms with E-state index < -0.39 is 6.16 Å². The quantitative estimate of drug-likeness (QED) is 0.254. The highest BCUT2D eigenvalue weighted by Gasteiger charge is 2.36. The fourth-order valence-corrected chi connectivity index (χ4v) is 5.99. The summed E-state index contributed by atoms with van der Waals surface area (Å²) in [5, 5.41) is 12.6. The van der Waals surface area contributed by atoms with Crippen molar-refractivity contribution in [2.45, 2.75) is 45.8 Å². The first kappa shape index (κ1) is 25.8. The molecule has 0 saturated heterocycles. The number of nitrogens with one attached hydrogen (secondary N) is 1. The van der Waals surface area contributed by atoms with E-state index in [1.807, 2.05) is 36.4 Å². The number of hydrogen-bond acceptors (Lipinski definition) is 6. The maximum absolute atomic E-state index is 13.6. The van der Waals surface area contributed by atoms with Crippen molar-refractivity contribution in [2.24, 2.45) is 5.41 Å². The van der Waals surface area contributed by atoms with Crippen molar-refractivity contribution >= 4 is 11.8 Å². The van der Waals surface area contributed by atoms with Gasteiger partial charge in [-0.3, -0.25) is 14.3 Å². The standard InChI is InChI=1S/C32H32N4O4/c1-32(2)17-23-16-25(40-31(38)39)11-12-27(23)34-29(32)22-9-6-10-24(15-22)36-20-33-28-19-35(14-13-26(28)30(36)37)18-21-7-4-3-5-8-21/h3-12,15-16,20,29,34H,13-14,17-19H2,1-2H3,(H,38,39). The SMILES string of the molecule is CC1(C)Cc2cc(OC(=O)O)ccc2NC1c1cccc(-n2cnc3c(c2=O)CCN(Cc2ccccc2)C3)c1. The third-order valence-electron chi connectivity index (χ3n) is 7.95. The monoisotopic (exact) mass is 536 g/mol. The predicted octanol–water partition coefficient (Wildman–Crippen LogP) is 5.58. The van der Waals surface area contributed by atoms with Gasteiger partial charge in [-0.25, -0.2) is 9.78 Å². The normalized spacial score (nSPS) is 17.8. The van der Waals surface area contributed by atoms with Gasteiger partial charge in [0.15, 0.2) is 0 Å². The average molecular weight is 537 g/mol. The first-order valence-corrected chi connectivity index (χ1v) is 13.5. The summed E-state index contributed by atoms with van der Waals surface area (Å²) in [4.78, 5) is 31.6. The predicted molar refractivity (Wildman–Crippen MR) is 153 cm³/mol. The van der Waals surface area contributed by atoms with Crippen molar-refractivity contribution < 1.29 is 14.6 Å². The highest BCUT2D eigenvalue weighted by Crippen LogP contribution is 2.45. The molecule has 0 fully saturated rings. The summed E-state index contributed by atoms with van der Waals surface area (Å²) in [7, 11) is 0. The van der Waals surface area contributed by atoms with E-state index in [4.69, 9.17) is 14.8 Å². The lowest BCUT2D eigenvalue weighted by Crippen LogP contribution is -2.37. The van der Waals surface area contributed by atoms with Crippen LogP contribution in [0.25, 0.3) is 5.69 Å². The third kappa shape index (κ3) is 5.10. The molecule has 40 heavy (non-hydrogen) atoms. The van der Waals surface area contributed by atoms with E-state index in [0.717, 1.165) is 53.3 Å². The molecule has 0 spiro atoms. The van der Waals surface area contributed by atoms with Crippen LogP contribution in [-0.4, -0.2) is 32.3 Å². The van der Waals surface area contributed by atoms with Crippen molar-refractivity contribution in [3.63, 3.8) is 0 Å². The summed E-state index contributed by atoms with van der Waals surface area (Å²) in [6.07, 6.45) is 1.75. The van der Waals surface area contributed by atoms with Gasteiger partial charge in [-0.2, -0.15) is 0 Å². The minimum absolute atomic E-state index is 0.00585. The van der Waals surface area contributed by atoms with E-state index in [9.17, 15) is 9.59 Å². The van der Waals surface area contributed by atoms with Crippen molar-refractivity contribution in [3.8, 4) is 11.4 Å². The van der Waals surface area contributed by atoms with E-state index in [1.54, 1.807) is 23.0 Å². The fraction of sp³-hybridized carbons (Fsp3) is 0.281. The topological polar surface area (TPSA) is 96.7 Å². The zero-order valence-electron chi connectivity index (χ0n) is 22.6. The molecule has 0 amide bonds. The summed E-state index contributed by atoms with van der Waals surface area (Å²) >= 11 is 0. The molecule has 8 heteroatoms. The summed E-state index contributed by atoms with van der Waals surface area (Å²) in [6.45, 7) is 6.69. The molecule has 1 aromatic heterocycles. The van der Waals surface area contributed by atoms with Crippen molar-refractivity contribution in [2.75, 3.05) is 11.9 Å². The second-order valence-electron chi connectivity index (χ2n) is 11.3. The van der Waals surface area contributed by atoms with Gasteiger partial charge in [0.2, 0.25) is 0 Å². The van der Waals surface area contributed by atoms with Gasteiger partial charge in [0.1, 0.15) is 12.1 Å². The lowest BCUT2D eigenvalue weighted by Gasteiger charge is -2.41. The van der Waals surface area contributed by atoms with E-state index in [1.165, 1.54) is 5.56 Å². The molecule has 0 aliphatic carbocycles. The molecule has 3 aromatic carbocycles. The van der Waals surface area contributed by atoms with Gasteiger partial charge in [0.25, 0.3) is 5.56 Å². The van der Waals surface area contributed by atoms with Crippen LogP contribution in [-0.2, 0) is 25.9 Å². The van der Waals surface area contributed by atoms with E-state index in [-0.39, 0.29) is 17.0 Å². The van der Waals surface area contributed by atoms with E-state index in [2.05, 4.69) is 48.3 Å². The van der Waals surface area contributed by atoms with Gasteiger partial charge >= 0.3 is 6.16 Å². The van der Waals surface area contributed by atoms with Gasteiger partial charge in [-0.05, 0) is 65.3 Å². The number of carbonyl (C=O) groups is 1. The zero-order chi connectivity index (χ0) is 27.9. The summed E-state index contributed by atoms with van der Waals surface area (Å²) in [5.74, 6) is 0.312. The van der Waals surface area contributed by atoms with Gasteiger partial charge in [0.05, 0.1) is 17.4 Å². The van der Waals surface area contributed by atoms with Crippen LogP contribution in [0.3, 0.4) is 0 Å². The Kier molecular flexibility index (Phi) is 6.64. The Labute approximate surface area is 232 Å². The molecule has 1 atom stereocenters. The Bertz CT molecular complexity index is 1630. The van der Waals surface area contributed by atoms with E-state index in [0.29, 0.717) is 18.7 Å². The number of anilines is 1. The van der Waals surface area contributed by atoms with Crippen LogP contribution in [0.2, 0.25) is 0 Å². The second-order valence-corrected chi connectivity index (χ2v) is 11.3. The number of rotatable bonds is 5. The molecule has 8 nitrogen and oxygen atoms in total. The molecular formula is C32H32N4O4. The molecule has 0 bridgehead atoms. The van der Waals surface area contributed by atoms with Gasteiger partial charge in [-0.15, -0.1) is 0 Å². The second kappa shape index (κ2) is 10.3. The lowest BCUT2D eigenvalue weighted by atomic mass is 9.73. The summed E-state index contributed by atoms with van der Waals surface area (Å²) in [6, 6.07) is 23.7. The van der Waals surface area contributed by atoms with Gasteiger partial charge in [0, 0.05) is 30.9 Å². The molecular weight excluding hydrogens is 504 g/mol. The summed E-state index contributed by atoms with van der Waals surface area (Å²) in [5.41, 5.74) is 6.53. The zero-order valence-corrected chi connectivity index (χ0v) is 22.6. The number of nitrogens with zero attached hydrogens (tertiary/aromatic N) is 3. The first-order valence-electron chi connectivity index (χ1n) is 13.5. The van der Waals surface area contributed by atoms with Crippen molar-refractivity contribution in [3.05, 3.63) is 117 Å². The van der Waals surface area contributed by atoms with Crippen LogP contribution in [0.4, 0.5) is 10.5 Å². The van der Waals surface area contributed by atoms with Gasteiger partial charge < -0.3 is 15.2 Å². The molecule has 2 N–H and O–H groups in total. The van der Waals surface area contributed by atoms with Crippen molar-refractivity contribution in [1.82, 2.24) is 14.5 Å². The van der Waals surface area contributed by atoms with Crippen molar-refractivity contribution in [1.29, 1.82) is 0 Å². The molecule has 6 rings (SSSR count). The number of fused-ring (bicyclic) bond motifs is 2. The number of ether oxygens (including phenoxy) is 1. The molecule has 2 aliphatic heterocycles. The maximum Gasteiger partial charge on any atom is 0.511 e. The highest BCUT2D eigenvalue weighted by molar-refractivity contribution is 5.64. The maximum atomic E-state index is 13.6. The molecule has 204 valence electrons. The molecule has 0 saturated carbocycles. The summed E-state index contributed by atoms with van der Waals surface area (Å²) < 4.78 is 6.52. The number of hydrogen-bond donors (Lipinski definition) is 2. The number of benzene rings is 3. The Hall–Kier alpha value is -4.43. The minimum Gasteiger partial charge on any atom is -0.449 e. The van der Waals surface area contributed by atoms with Crippen LogP contribution in [0.1, 0.15) is 47.8 Å². The molecule has 2 aliphatic rings. The van der Waals surface area contributed by atoms with Gasteiger partial charge in [-0.1, -0.05) is 56.3 Å². The fourth-order valence-electron chi connectivity index (χ4n) is 5.99. The van der Waals surface area contributed by atoms with Crippen LogP contribution in [0.5, 0.6) is 5.75 Å². The number of aromatic nitrogens is 2. The minimum atomic E-state index is -1.32. The Morgan fingerprint density at radius 2 is 1.93 bits per heavy atom. The van der Waals surface area contributed by atoms with Crippen LogP contribution in [0, 0.1) is 5.41 Å². The first-order chi connectivity index (χ1) is 19.3. The molecule has 3 heterocycles.